The standard InChI is InChI=1S/C21H22F2N4S/c1-14-7-9-27(21-24-8-10-28-21)13-17(14)15-5-6-20(25-11-15)26-12-16-18(22)3-2-4-19(16)23/h2-6,11H,7-10,12-13H2,1H3,(H,25,26). The minimum absolute atomic E-state index is 0.0182. The molecule has 2 aliphatic rings. The zero-order chi connectivity index (χ0) is 19.5. The molecule has 4 rings (SSSR count). The van der Waals surface area contributed by atoms with Gasteiger partial charge in [-0.05, 0) is 48.7 Å². The molecule has 0 fully saturated rings. The maximum Gasteiger partial charge on any atom is 0.159 e. The van der Waals surface area contributed by atoms with Gasteiger partial charge in [-0.15, -0.1) is 0 Å². The van der Waals surface area contributed by atoms with Crippen LogP contribution in [0.2, 0.25) is 0 Å². The molecule has 0 saturated heterocycles. The lowest BCUT2D eigenvalue weighted by Crippen LogP contribution is -2.34. The molecule has 7 heteroatoms. The fourth-order valence-corrected chi connectivity index (χ4v) is 4.32. The van der Waals surface area contributed by atoms with Crippen molar-refractivity contribution < 1.29 is 8.78 Å². The third kappa shape index (κ3) is 4.04. The van der Waals surface area contributed by atoms with Crippen molar-refractivity contribution in [3.05, 3.63) is 64.9 Å². The molecule has 0 radical (unpaired) electrons. The summed E-state index contributed by atoms with van der Waals surface area (Å²) in [4.78, 5) is 11.4. The molecule has 3 heterocycles. The summed E-state index contributed by atoms with van der Waals surface area (Å²) < 4.78 is 27.5. The Hall–Kier alpha value is -2.41. The Bertz CT molecular complexity index is 904. The number of thioether (sulfide) groups is 1. The summed E-state index contributed by atoms with van der Waals surface area (Å²) in [6.07, 6.45) is 2.84. The van der Waals surface area contributed by atoms with Crippen molar-refractivity contribution in [1.29, 1.82) is 0 Å². The van der Waals surface area contributed by atoms with Gasteiger partial charge in [-0.3, -0.25) is 4.99 Å². The molecule has 0 amide bonds. The van der Waals surface area contributed by atoms with E-state index in [1.54, 1.807) is 0 Å². The first-order chi connectivity index (χ1) is 13.6. The molecule has 0 spiro atoms. The van der Waals surface area contributed by atoms with Crippen molar-refractivity contribution in [3.8, 4) is 0 Å². The van der Waals surface area contributed by atoms with Gasteiger partial charge in [0, 0.05) is 37.1 Å². The van der Waals surface area contributed by atoms with Crippen LogP contribution < -0.4 is 5.32 Å². The first-order valence-electron chi connectivity index (χ1n) is 9.36. The Morgan fingerprint density at radius 1 is 1.18 bits per heavy atom. The summed E-state index contributed by atoms with van der Waals surface area (Å²) in [5.74, 6) is 0.543. The Morgan fingerprint density at radius 2 is 2.00 bits per heavy atom. The molecule has 146 valence electrons. The van der Waals surface area contributed by atoms with Crippen LogP contribution in [0.25, 0.3) is 5.57 Å². The second-order valence-corrected chi connectivity index (χ2v) is 7.99. The first kappa shape index (κ1) is 18.9. The second kappa shape index (κ2) is 8.31. The van der Waals surface area contributed by atoms with Gasteiger partial charge < -0.3 is 10.2 Å². The number of amidine groups is 1. The quantitative estimate of drug-likeness (QED) is 0.817. The van der Waals surface area contributed by atoms with Crippen LogP contribution in [0.1, 0.15) is 24.5 Å². The molecule has 0 aliphatic carbocycles. The van der Waals surface area contributed by atoms with Crippen molar-refractivity contribution in [2.24, 2.45) is 4.99 Å². The molecular weight excluding hydrogens is 378 g/mol. The van der Waals surface area contributed by atoms with Gasteiger partial charge in [0.05, 0.1) is 6.54 Å². The molecule has 2 aromatic rings. The van der Waals surface area contributed by atoms with E-state index in [1.165, 1.54) is 29.3 Å². The van der Waals surface area contributed by atoms with Crippen molar-refractivity contribution in [2.75, 3.05) is 30.7 Å². The fraction of sp³-hybridized carbons (Fsp3) is 0.333. The van der Waals surface area contributed by atoms with Crippen LogP contribution >= 0.6 is 11.8 Å². The van der Waals surface area contributed by atoms with Gasteiger partial charge in [-0.1, -0.05) is 23.4 Å². The largest absolute Gasteiger partial charge is 0.366 e. The average Bonchev–Trinajstić information content (AvgIpc) is 3.23. The monoisotopic (exact) mass is 400 g/mol. The minimum atomic E-state index is -0.556. The third-order valence-electron chi connectivity index (χ3n) is 5.08. The van der Waals surface area contributed by atoms with Gasteiger partial charge in [-0.25, -0.2) is 13.8 Å². The number of nitrogens with one attached hydrogen (secondary N) is 1. The first-order valence-corrected chi connectivity index (χ1v) is 10.3. The van der Waals surface area contributed by atoms with Crippen molar-refractivity contribution in [1.82, 2.24) is 9.88 Å². The Balaban J connectivity index is 1.45. The van der Waals surface area contributed by atoms with Gasteiger partial charge in [0.1, 0.15) is 17.5 Å². The lowest BCUT2D eigenvalue weighted by atomic mass is 9.96. The summed E-state index contributed by atoms with van der Waals surface area (Å²) in [6.45, 7) is 4.97. The molecule has 1 aromatic carbocycles. The van der Waals surface area contributed by atoms with Crippen LogP contribution in [0, 0.1) is 11.6 Å². The molecule has 0 saturated carbocycles. The molecule has 0 unspecified atom stereocenters. The lowest BCUT2D eigenvalue weighted by Gasteiger charge is -2.31. The minimum Gasteiger partial charge on any atom is -0.366 e. The second-order valence-electron chi connectivity index (χ2n) is 6.93. The predicted molar refractivity (Wildman–Crippen MR) is 111 cm³/mol. The lowest BCUT2D eigenvalue weighted by molar-refractivity contribution is 0.462. The molecule has 1 N–H and O–H groups in total. The van der Waals surface area contributed by atoms with Crippen molar-refractivity contribution >= 4 is 28.3 Å². The van der Waals surface area contributed by atoms with E-state index in [1.807, 2.05) is 30.1 Å². The number of hydrogen-bond donors (Lipinski definition) is 1. The molecule has 1 aromatic heterocycles. The molecule has 0 bridgehead atoms. The van der Waals surface area contributed by atoms with Crippen LogP contribution in [0.15, 0.2) is 47.1 Å². The normalized spacial score (nSPS) is 17.1. The van der Waals surface area contributed by atoms with E-state index >= 15 is 0 Å². The number of benzene rings is 1. The van der Waals surface area contributed by atoms with E-state index in [4.69, 9.17) is 0 Å². The number of hydrogen-bond acceptors (Lipinski definition) is 5. The summed E-state index contributed by atoms with van der Waals surface area (Å²) in [5.41, 5.74) is 3.74. The van der Waals surface area contributed by atoms with Crippen LogP contribution in [0.3, 0.4) is 0 Å². The zero-order valence-corrected chi connectivity index (χ0v) is 16.5. The van der Waals surface area contributed by atoms with Crippen LogP contribution in [0.5, 0.6) is 0 Å². The van der Waals surface area contributed by atoms with Crippen molar-refractivity contribution in [2.45, 2.75) is 19.9 Å². The van der Waals surface area contributed by atoms with E-state index in [0.717, 1.165) is 42.5 Å². The maximum atomic E-state index is 13.7. The van der Waals surface area contributed by atoms with Gasteiger partial charge in [-0.2, -0.15) is 0 Å². The average molecular weight is 400 g/mol. The Labute approximate surface area is 167 Å². The van der Waals surface area contributed by atoms with E-state index in [2.05, 4.69) is 27.1 Å². The molecular formula is C21H22F2N4S. The topological polar surface area (TPSA) is 40.5 Å². The Kier molecular flexibility index (Phi) is 5.62. The number of nitrogens with zero attached hydrogens (tertiary/aromatic N) is 3. The summed E-state index contributed by atoms with van der Waals surface area (Å²) >= 11 is 1.82. The SMILES string of the molecule is CC1=C(c2ccc(NCc3c(F)cccc3F)nc2)CN(C2=NCCS2)CC1. The van der Waals surface area contributed by atoms with Gasteiger partial charge >= 0.3 is 0 Å². The van der Waals surface area contributed by atoms with Crippen LogP contribution in [-0.2, 0) is 6.54 Å². The molecule has 4 nitrogen and oxygen atoms in total. The third-order valence-corrected chi connectivity index (χ3v) is 6.11. The number of anilines is 1. The zero-order valence-electron chi connectivity index (χ0n) is 15.7. The molecule has 2 aliphatic heterocycles. The number of rotatable bonds is 4. The number of aliphatic imine (C=N–C) groups is 1. The molecule has 28 heavy (non-hydrogen) atoms. The highest BCUT2D eigenvalue weighted by Gasteiger charge is 2.22. The van der Waals surface area contributed by atoms with Crippen LogP contribution in [0.4, 0.5) is 14.6 Å². The number of aromatic nitrogens is 1. The highest BCUT2D eigenvalue weighted by molar-refractivity contribution is 8.14. The maximum absolute atomic E-state index is 13.7. The van der Waals surface area contributed by atoms with E-state index in [-0.39, 0.29) is 12.1 Å². The number of pyridine rings is 1. The smallest absolute Gasteiger partial charge is 0.159 e. The number of halogens is 2. The predicted octanol–water partition coefficient (Wildman–Crippen LogP) is 4.55. The van der Waals surface area contributed by atoms with E-state index in [9.17, 15) is 8.78 Å². The Morgan fingerprint density at radius 3 is 2.68 bits per heavy atom. The van der Waals surface area contributed by atoms with Gasteiger partial charge in [0.25, 0.3) is 0 Å². The highest BCUT2D eigenvalue weighted by atomic mass is 32.2. The van der Waals surface area contributed by atoms with Gasteiger partial charge in [0.2, 0.25) is 0 Å². The van der Waals surface area contributed by atoms with Crippen molar-refractivity contribution in [3.63, 3.8) is 0 Å². The van der Waals surface area contributed by atoms with E-state index in [0.29, 0.717) is 5.82 Å². The highest BCUT2D eigenvalue weighted by Crippen LogP contribution is 2.29. The molecule has 0 atom stereocenters. The van der Waals surface area contributed by atoms with Crippen LogP contribution in [-0.4, -0.2) is 40.4 Å². The summed E-state index contributed by atoms with van der Waals surface area (Å²) in [7, 11) is 0. The van der Waals surface area contributed by atoms with Gasteiger partial charge in [0.15, 0.2) is 5.17 Å². The fourth-order valence-electron chi connectivity index (χ4n) is 3.43. The summed E-state index contributed by atoms with van der Waals surface area (Å²) in [5, 5.41) is 4.14. The van der Waals surface area contributed by atoms with E-state index < -0.39 is 11.6 Å². The summed E-state index contributed by atoms with van der Waals surface area (Å²) in [6, 6.07) is 7.75.